The third-order valence-electron chi connectivity index (χ3n) is 4.47. The maximum atomic E-state index is 12.3. The van der Waals surface area contributed by atoms with E-state index in [2.05, 4.69) is 27.4 Å². The lowest BCUT2D eigenvalue weighted by molar-refractivity contribution is 0.0895. The van der Waals surface area contributed by atoms with E-state index in [1.54, 1.807) is 0 Å². The van der Waals surface area contributed by atoms with Crippen molar-refractivity contribution in [2.75, 3.05) is 43.4 Å². The number of thiazole rings is 1. The molecule has 0 bridgehead atoms. The third-order valence-corrected chi connectivity index (χ3v) is 5.60. The molecule has 2 aliphatic rings. The van der Waals surface area contributed by atoms with Crippen LogP contribution in [-0.2, 0) is 0 Å². The standard InChI is InChI=1S/C14H23N5OS/c1-14(3-2-4-14)9-17-12(20)10-11(15)18-13(21-10)19-7-5-16-6-8-19/h16H,2-9,15H2,1H3,(H,17,20). The maximum Gasteiger partial charge on any atom is 0.265 e. The average molecular weight is 309 g/mol. The van der Waals surface area contributed by atoms with Crippen molar-refractivity contribution in [2.45, 2.75) is 26.2 Å². The van der Waals surface area contributed by atoms with Crippen molar-refractivity contribution in [1.29, 1.82) is 0 Å². The van der Waals surface area contributed by atoms with Gasteiger partial charge in [0.1, 0.15) is 10.7 Å². The zero-order valence-corrected chi connectivity index (χ0v) is 13.3. The van der Waals surface area contributed by atoms with Crippen LogP contribution in [0.3, 0.4) is 0 Å². The molecule has 1 aromatic rings. The van der Waals surface area contributed by atoms with E-state index in [4.69, 9.17) is 5.73 Å². The second-order valence-corrected chi connectivity index (χ2v) is 7.27. The van der Waals surface area contributed by atoms with E-state index >= 15 is 0 Å². The van der Waals surface area contributed by atoms with Gasteiger partial charge in [0.2, 0.25) is 0 Å². The van der Waals surface area contributed by atoms with Crippen LogP contribution in [0.2, 0.25) is 0 Å². The van der Waals surface area contributed by atoms with Crippen LogP contribution in [0.5, 0.6) is 0 Å². The summed E-state index contributed by atoms with van der Waals surface area (Å²) in [6.07, 6.45) is 3.65. The van der Waals surface area contributed by atoms with Gasteiger partial charge in [-0.25, -0.2) is 4.98 Å². The Balaban J connectivity index is 1.64. The van der Waals surface area contributed by atoms with E-state index < -0.39 is 0 Å². The molecule has 1 aliphatic carbocycles. The van der Waals surface area contributed by atoms with Crippen LogP contribution >= 0.6 is 11.3 Å². The number of carbonyl (C=O) groups is 1. The molecule has 1 amide bonds. The van der Waals surface area contributed by atoms with Gasteiger partial charge in [0, 0.05) is 32.7 Å². The lowest BCUT2D eigenvalue weighted by Gasteiger charge is -2.38. The summed E-state index contributed by atoms with van der Waals surface area (Å²) in [6.45, 7) is 6.65. The number of hydrogen-bond donors (Lipinski definition) is 3. The third kappa shape index (κ3) is 3.13. The summed E-state index contributed by atoms with van der Waals surface area (Å²) in [7, 11) is 0. The lowest BCUT2D eigenvalue weighted by atomic mass is 9.70. The smallest absolute Gasteiger partial charge is 0.265 e. The van der Waals surface area contributed by atoms with Crippen molar-refractivity contribution >= 4 is 28.2 Å². The minimum Gasteiger partial charge on any atom is -0.382 e. The summed E-state index contributed by atoms with van der Waals surface area (Å²) >= 11 is 1.40. The first kappa shape index (κ1) is 14.6. The molecule has 0 spiro atoms. The van der Waals surface area contributed by atoms with Gasteiger partial charge in [-0.3, -0.25) is 4.79 Å². The molecule has 2 fully saturated rings. The van der Waals surface area contributed by atoms with Crippen LogP contribution in [-0.4, -0.2) is 43.6 Å². The number of nitrogens with zero attached hydrogens (tertiary/aromatic N) is 2. The molecule has 2 heterocycles. The summed E-state index contributed by atoms with van der Waals surface area (Å²) in [5.74, 6) is 0.268. The fraction of sp³-hybridized carbons (Fsp3) is 0.714. The van der Waals surface area contributed by atoms with Crippen LogP contribution in [0.15, 0.2) is 0 Å². The van der Waals surface area contributed by atoms with E-state index in [1.807, 2.05) is 0 Å². The van der Waals surface area contributed by atoms with Gasteiger partial charge in [0.15, 0.2) is 5.13 Å². The van der Waals surface area contributed by atoms with Crippen LogP contribution < -0.4 is 21.3 Å². The van der Waals surface area contributed by atoms with Gasteiger partial charge in [-0.2, -0.15) is 0 Å². The Morgan fingerprint density at radius 1 is 1.48 bits per heavy atom. The Morgan fingerprint density at radius 3 is 2.81 bits per heavy atom. The number of piperazine rings is 1. The molecule has 1 aromatic heterocycles. The molecule has 0 radical (unpaired) electrons. The normalized spacial score (nSPS) is 20.9. The van der Waals surface area contributed by atoms with Gasteiger partial charge < -0.3 is 21.3 Å². The number of carbonyl (C=O) groups excluding carboxylic acids is 1. The number of nitrogens with two attached hydrogens (primary N) is 1. The fourth-order valence-electron chi connectivity index (χ4n) is 2.81. The summed E-state index contributed by atoms with van der Waals surface area (Å²) in [4.78, 5) is 19.4. The van der Waals surface area contributed by atoms with Crippen molar-refractivity contribution in [2.24, 2.45) is 5.41 Å². The highest BCUT2D eigenvalue weighted by Crippen LogP contribution is 2.39. The zero-order valence-electron chi connectivity index (χ0n) is 12.4. The van der Waals surface area contributed by atoms with Crippen LogP contribution in [0, 0.1) is 5.41 Å². The average Bonchev–Trinajstić information content (AvgIpc) is 2.86. The largest absolute Gasteiger partial charge is 0.382 e. The second-order valence-electron chi connectivity index (χ2n) is 6.29. The quantitative estimate of drug-likeness (QED) is 0.774. The molecule has 7 heteroatoms. The van der Waals surface area contributed by atoms with E-state index in [0.717, 1.165) is 37.9 Å². The first-order valence-corrected chi connectivity index (χ1v) is 8.39. The van der Waals surface area contributed by atoms with Crippen LogP contribution in [0.25, 0.3) is 0 Å². The summed E-state index contributed by atoms with van der Waals surface area (Å²) in [5.41, 5.74) is 6.21. The Hall–Kier alpha value is -1.34. The predicted molar refractivity (Wildman–Crippen MR) is 85.9 cm³/mol. The predicted octanol–water partition coefficient (Wildman–Crippen LogP) is 1.05. The number of nitrogens with one attached hydrogen (secondary N) is 2. The van der Waals surface area contributed by atoms with Crippen molar-refractivity contribution < 1.29 is 4.79 Å². The van der Waals surface area contributed by atoms with E-state index in [1.165, 1.54) is 30.6 Å². The highest BCUT2D eigenvalue weighted by atomic mass is 32.1. The zero-order chi connectivity index (χ0) is 14.9. The van der Waals surface area contributed by atoms with Crippen molar-refractivity contribution in [3.8, 4) is 0 Å². The van der Waals surface area contributed by atoms with E-state index in [-0.39, 0.29) is 11.3 Å². The molecule has 1 aliphatic heterocycles. The lowest BCUT2D eigenvalue weighted by Crippen LogP contribution is -2.43. The topological polar surface area (TPSA) is 83.3 Å². The van der Waals surface area contributed by atoms with E-state index in [0.29, 0.717) is 10.7 Å². The Bertz CT molecular complexity index is 519. The van der Waals surface area contributed by atoms with Gasteiger partial charge in [0.05, 0.1) is 0 Å². The molecule has 0 atom stereocenters. The first-order chi connectivity index (χ1) is 10.1. The van der Waals surface area contributed by atoms with Gasteiger partial charge >= 0.3 is 0 Å². The molecular formula is C14H23N5OS. The number of nitrogen functional groups attached to an aromatic ring is 1. The monoisotopic (exact) mass is 309 g/mol. The first-order valence-electron chi connectivity index (χ1n) is 7.58. The molecule has 4 N–H and O–H groups in total. The summed E-state index contributed by atoms with van der Waals surface area (Å²) < 4.78 is 0. The number of rotatable bonds is 4. The molecule has 0 unspecified atom stereocenters. The van der Waals surface area contributed by atoms with Crippen molar-refractivity contribution in [3.63, 3.8) is 0 Å². The van der Waals surface area contributed by atoms with Gasteiger partial charge in [-0.1, -0.05) is 24.7 Å². The highest BCUT2D eigenvalue weighted by molar-refractivity contribution is 7.18. The second kappa shape index (κ2) is 5.81. The Labute approximate surface area is 129 Å². The molecular weight excluding hydrogens is 286 g/mol. The molecule has 116 valence electrons. The van der Waals surface area contributed by atoms with Gasteiger partial charge in [-0.05, 0) is 18.3 Å². The van der Waals surface area contributed by atoms with E-state index in [9.17, 15) is 4.79 Å². The maximum absolute atomic E-state index is 12.3. The van der Waals surface area contributed by atoms with Crippen molar-refractivity contribution in [3.05, 3.63) is 4.88 Å². The Morgan fingerprint density at radius 2 is 2.19 bits per heavy atom. The number of hydrogen-bond acceptors (Lipinski definition) is 6. The molecule has 3 rings (SSSR count). The minimum absolute atomic E-state index is 0.0838. The van der Waals surface area contributed by atoms with Gasteiger partial charge in [0.25, 0.3) is 5.91 Å². The minimum atomic E-state index is -0.0838. The summed E-state index contributed by atoms with van der Waals surface area (Å²) in [6, 6.07) is 0. The van der Waals surface area contributed by atoms with Crippen molar-refractivity contribution in [1.82, 2.24) is 15.6 Å². The molecule has 21 heavy (non-hydrogen) atoms. The number of aromatic nitrogens is 1. The number of anilines is 2. The Kier molecular flexibility index (Phi) is 4.03. The number of amides is 1. The molecule has 1 saturated heterocycles. The molecule has 1 saturated carbocycles. The van der Waals surface area contributed by atoms with Crippen LogP contribution in [0.1, 0.15) is 35.9 Å². The fourth-order valence-corrected chi connectivity index (χ4v) is 3.76. The SMILES string of the molecule is CC1(CNC(=O)c2sc(N3CCNCC3)nc2N)CCC1. The molecule has 6 nitrogen and oxygen atoms in total. The van der Waals surface area contributed by atoms with Gasteiger partial charge in [-0.15, -0.1) is 0 Å². The van der Waals surface area contributed by atoms with Crippen LogP contribution in [0.4, 0.5) is 10.9 Å². The highest BCUT2D eigenvalue weighted by Gasteiger charge is 2.32. The molecule has 0 aromatic carbocycles. The summed E-state index contributed by atoms with van der Waals surface area (Å²) in [5, 5.41) is 7.18.